The molecular weight excluding hydrogens is 486 g/mol. The van der Waals surface area contributed by atoms with E-state index in [0.29, 0.717) is 24.6 Å². The third-order valence-corrected chi connectivity index (χ3v) is 6.01. The molecule has 0 saturated carbocycles. The van der Waals surface area contributed by atoms with Crippen molar-refractivity contribution in [1.29, 1.82) is 0 Å². The number of nitrogens with zero attached hydrogens (tertiary/aromatic N) is 3. The number of unbranched alkanes of at least 4 members (excludes halogenated alkanes) is 2. The van der Waals surface area contributed by atoms with Crippen LogP contribution in [0.3, 0.4) is 0 Å². The lowest BCUT2D eigenvalue weighted by atomic mass is 10.1. The molecule has 0 fully saturated rings. The molecule has 1 aromatic heterocycles. The highest BCUT2D eigenvalue weighted by Gasteiger charge is 2.18. The van der Waals surface area contributed by atoms with Gasteiger partial charge in [0.25, 0.3) is 5.91 Å². The molecule has 198 valence electrons. The third kappa shape index (κ3) is 9.04. The van der Waals surface area contributed by atoms with Crippen LogP contribution in [0.5, 0.6) is 11.5 Å². The number of nitrogen functional groups attached to an aromatic ring is 2. The first kappa shape index (κ1) is 28.9. The molecule has 0 saturated heterocycles. The number of ether oxygens (including phenoxy) is 2. The van der Waals surface area contributed by atoms with Gasteiger partial charge in [0.2, 0.25) is 5.91 Å². The molecule has 0 spiro atoms. The highest BCUT2D eigenvalue weighted by molar-refractivity contribution is 6.31. The van der Waals surface area contributed by atoms with Crippen LogP contribution in [0.15, 0.2) is 18.2 Å². The molecule has 0 unspecified atom stereocenters. The van der Waals surface area contributed by atoms with Crippen molar-refractivity contribution < 1.29 is 23.5 Å². The smallest absolute Gasteiger partial charge is 0.273 e. The van der Waals surface area contributed by atoms with E-state index >= 15 is 0 Å². The summed E-state index contributed by atoms with van der Waals surface area (Å²) in [7, 11) is 7.37. The number of halogens is 1. The van der Waals surface area contributed by atoms with Crippen molar-refractivity contribution in [2.75, 3.05) is 66.0 Å². The zero-order valence-electron chi connectivity index (χ0n) is 21.4. The highest BCUT2D eigenvalue weighted by Crippen LogP contribution is 2.25. The Labute approximate surface area is 217 Å². The van der Waals surface area contributed by atoms with Crippen molar-refractivity contribution in [1.82, 2.24) is 20.6 Å². The quantitative estimate of drug-likeness (QED) is 0.215. The molecule has 11 nitrogen and oxygen atoms in total. The van der Waals surface area contributed by atoms with Crippen LogP contribution in [0.1, 0.15) is 35.3 Å². The Morgan fingerprint density at radius 1 is 0.972 bits per heavy atom. The average Bonchev–Trinajstić information content (AvgIpc) is 2.83. The summed E-state index contributed by atoms with van der Waals surface area (Å²) in [5.74, 6) is 0.765. The number of methoxy groups -OCH3 is 2. The summed E-state index contributed by atoms with van der Waals surface area (Å²) in [5.41, 5.74) is 12.0. The number of hydrogen-bond acceptors (Lipinski definition) is 8. The molecule has 6 N–H and O–H groups in total. The lowest BCUT2D eigenvalue weighted by Gasteiger charge is -2.30. The lowest BCUT2D eigenvalue weighted by Crippen LogP contribution is -2.46. The fourth-order valence-electron chi connectivity index (χ4n) is 3.58. The molecule has 0 atom stereocenters. The standard InChI is InChI=1S/C24H36ClN7O4/c1-32(2,13-11-29-24(34)20-22(26)31-23(27)21(25)30-20)12-7-5-6-10-28-19(33)14-16-8-9-17(35-3)15-18(16)36-4/h8-9,15H,5-7,10-14H2,1-4H3,(H5-,26,27,28,29,31,33,34)/p+1. The summed E-state index contributed by atoms with van der Waals surface area (Å²) >= 11 is 5.84. The van der Waals surface area contributed by atoms with E-state index in [1.165, 1.54) is 0 Å². The fraction of sp³-hybridized carbons (Fsp3) is 0.500. The maximum absolute atomic E-state index is 12.3. The van der Waals surface area contributed by atoms with E-state index in [2.05, 4.69) is 34.7 Å². The zero-order valence-corrected chi connectivity index (χ0v) is 22.2. The molecule has 1 heterocycles. The predicted molar refractivity (Wildman–Crippen MR) is 140 cm³/mol. The molecule has 1 aromatic carbocycles. The number of carbonyl (C=O) groups excluding carboxylic acids is 2. The highest BCUT2D eigenvalue weighted by atomic mass is 35.5. The van der Waals surface area contributed by atoms with Gasteiger partial charge in [-0.3, -0.25) is 9.59 Å². The van der Waals surface area contributed by atoms with Gasteiger partial charge in [-0.2, -0.15) is 0 Å². The van der Waals surface area contributed by atoms with Crippen LogP contribution in [-0.2, 0) is 11.2 Å². The third-order valence-electron chi connectivity index (χ3n) is 5.73. The number of rotatable bonds is 14. The van der Waals surface area contributed by atoms with Crippen LogP contribution in [0.25, 0.3) is 0 Å². The Kier molecular flexibility index (Phi) is 11.0. The number of nitrogens with two attached hydrogens (primary N) is 2. The van der Waals surface area contributed by atoms with Gasteiger partial charge in [-0.15, -0.1) is 0 Å². The predicted octanol–water partition coefficient (Wildman–Crippen LogP) is 1.65. The summed E-state index contributed by atoms with van der Waals surface area (Å²) in [6.45, 7) is 2.72. The average molecular weight is 523 g/mol. The number of hydrogen-bond donors (Lipinski definition) is 4. The second kappa shape index (κ2) is 13.7. The SMILES string of the molecule is COc1ccc(CC(=O)NCCCCC[N+](C)(C)CCNC(=O)c2nc(Cl)c(N)nc2N)c(OC)c1. The first-order chi connectivity index (χ1) is 17.1. The van der Waals surface area contributed by atoms with Crippen molar-refractivity contribution in [2.45, 2.75) is 25.7 Å². The Bertz CT molecular complexity index is 1050. The van der Waals surface area contributed by atoms with Gasteiger partial charge >= 0.3 is 0 Å². The number of anilines is 2. The minimum absolute atomic E-state index is 0.0134. The Hall–Kier alpha value is -3.31. The first-order valence-corrected chi connectivity index (χ1v) is 12.1. The van der Waals surface area contributed by atoms with Crippen LogP contribution < -0.4 is 31.6 Å². The molecule has 36 heavy (non-hydrogen) atoms. The number of quaternary nitrogens is 1. The normalized spacial score (nSPS) is 11.1. The van der Waals surface area contributed by atoms with Crippen LogP contribution in [0.2, 0.25) is 5.15 Å². The summed E-state index contributed by atoms with van der Waals surface area (Å²) in [6.07, 6.45) is 3.12. The molecule has 12 heteroatoms. The van der Waals surface area contributed by atoms with Gasteiger partial charge < -0.3 is 36.1 Å². The van der Waals surface area contributed by atoms with E-state index in [9.17, 15) is 9.59 Å². The van der Waals surface area contributed by atoms with E-state index < -0.39 is 5.91 Å². The van der Waals surface area contributed by atoms with Gasteiger partial charge in [0.05, 0.1) is 54.4 Å². The minimum atomic E-state index is -0.440. The lowest BCUT2D eigenvalue weighted by molar-refractivity contribution is -0.889. The van der Waals surface area contributed by atoms with Crippen LogP contribution in [-0.4, -0.2) is 80.8 Å². The second-order valence-corrected chi connectivity index (χ2v) is 9.40. The van der Waals surface area contributed by atoms with E-state index in [1.54, 1.807) is 20.3 Å². The first-order valence-electron chi connectivity index (χ1n) is 11.7. The van der Waals surface area contributed by atoms with Crippen molar-refractivity contribution >= 4 is 35.1 Å². The summed E-state index contributed by atoms with van der Waals surface area (Å²) in [5, 5.41) is 5.71. The molecule has 0 aliphatic carbocycles. The number of benzene rings is 1. The van der Waals surface area contributed by atoms with Crippen LogP contribution >= 0.6 is 11.6 Å². The molecule has 2 aromatic rings. The summed E-state index contributed by atoms with van der Waals surface area (Å²) in [6, 6.07) is 5.42. The molecule has 0 radical (unpaired) electrons. The monoisotopic (exact) mass is 522 g/mol. The molecule has 0 aliphatic heterocycles. The second-order valence-electron chi connectivity index (χ2n) is 9.04. The van der Waals surface area contributed by atoms with Gasteiger partial charge in [-0.05, 0) is 25.3 Å². The van der Waals surface area contributed by atoms with Crippen LogP contribution in [0.4, 0.5) is 11.6 Å². The van der Waals surface area contributed by atoms with E-state index in [1.807, 2.05) is 12.1 Å². The van der Waals surface area contributed by atoms with Gasteiger partial charge in [-0.1, -0.05) is 17.7 Å². The summed E-state index contributed by atoms with van der Waals surface area (Å²) < 4.78 is 11.3. The molecule has 2 amide bonds. The van der Waals surface area contributed by atoms with E-state index in [-0.39, 0.29) is 34.8 Å². The number of nitrogens with one attached hydrogen (secondary N) is 2. The van der Waals surface area contributed by atoms with E-state index in [4.69, 9.17) is 32.5 Å². The number of carbonyl (C=O) groups is 2. The molecular formula is C24H37ClN7O4+. The number of likely N-dealkylation sites (N-methyl/N-ethyl adjacent to an activating group) is 1. The van der Waals surface area contributed by atoms with Gasteiger partial charge in [0.15, 0.2) is 22.5 Å². The largest absolute Gasteiger partial charge is 0.497 e. The van der Waals surface area contributed by atoms with Crippen molar-refractivity contribution in [3.8, 4) is 11.5 Å². The maximum atomic E-state index is 12.3. The van der Waals surface area contributed by atoms with Crippen molar-refractivity contribution in [2.24, 2.45) is 0 Å². The minimum Gasteiger partial charge on any atom is -0.497 e. The number of amides is 2. The number of aromatic nitrogens is 2. The molecule has 0 aliphatic rings. The zero-order chi connectivity index (χ0) is 26.7. The molecule has 2 rings (SSSR count). The van der Waals surface area contributed by atoms with Crippen molar-refractivity contribution in [3.63, 3.8) is 0 Å². The van der Waals surface area contributed by atoms with Gasteiger partial charge in [0.1, 0.15) is 11.5 Å². The maximum Gasteiger partial charge on any atom is 0.273 e. The van der Waals surface area contributed by atoms with E-state index in [0.717, 1.165) is 42.4 Å². The van der Waals surface area contributed by atoms with Gasteiger partial charge in [0, 0.05) is 18.2 Å². The fourth-order valence-corrected chi connectivity index (χ4v) is 3.71. The molecule has 0 bridgehead atoms. The van der Waals surface area contributed by atoms with Crippen molar-refractivity contribution in [3.05, 3.63) is 34.6 Å². The Balaban J connectivity index is 1.64. The van der Waals surface area contributed by atoms with Gasteiger partial charge in [-0.25, -0.2) is 9.97 Å². The Morgan fingerprint density at radius 2 is 1.72 bits per heavy atom. The summed E-state index contributed by atoms with van der Waals surface area (Å²) in [4.78, 5) is 32.4. The van der Waals surface area contributed by atoms with Crippen LogP contribution in [0, 0.1) is 0 Å². The topological polar surface area (TPSA) is 154 Å². The Morgan fingerprint density at radius 3 is 2.42 bits per heavy atom.